The van der Waals surface area contributed by atoms with Crippen molar-refractivity contribution >= 4 is 5.91 Å². The van der Waals surface area contributed by atoms with E-state index in [9.17, 15) is 18.0 Å². The molecule has 6 heteroatoms. The molecule has 1 aromatic carbocycles. The molecule has 1 aromatic rings. The van der Waals surface area contributed by atoms with Crippen molar-refractivity contribution in [3.05, 3.63) is 35.4 Å². The highest BCUT2D eigenvalue weighted by Crippen LogP contribution is 2.31. The van der Waals surface area contributed by atoms with Gasteiger partial charge in [0.1, 0.15) is 0 Å². The Labute approximate surface area is 115 Å². The smallest absolute Gasteiger partial charge is 0.345 e. The van der Waals surface area contributed by atoms with Gasteiger partial charge >= 0.3 is 6.18 Å². The van der Waals surface area contributed by atoms with Crippen LogP contribution in [-0.4, -0.2) is 18.0 Å². The summed E-state index contributed by atoms with van der Waals surface area (Å²) in [5.41, 5.74) is 4.43. The number of alkyl halides is 3. The van der Waals surface area contributed by atoms with Crippen LogP contribution in [0.2, 0.25) is 0 Å². The first-order chi connectivity index (χ1) is 9.36. The van der Waals surface area contributed by atoms with Gasteiger partial charge in [-0.25, -0.2) is 0 Å². The Morgan fingerprint density at radius 3 is 2.50 bits per heavy atom. The minimum atomic E-state index is -4.45. The third-order valence-electron chi connectivity index (χ3n) is 3.78. The molecular formula is C14H17F3N2O. The van der Waals surface area contributed by atoms with E-state index in [0.29, 0.717) is 6.54 Å². The first-order valence-electron chi connectivity index (χ1n) is 6.56. The second kappa shape index (κ2) is 5.44. The van der Waals surface area contributed by atoms with Gasteiger partial charge in [0.2, 0.25) is 0 Å². The van der Waals surface area contributed by atoms with Crippen molar-refractivity contribution in [1.82, 2.24) is 5.32 Å². The number of rotatable bonds is 3. The number of nitrogens with two attached hydrogens (primary N) is 1. The lowest BCUT2D eigenvalue weighted by Gasteiger charge is -2.28. The maximum absolute atomic E-state index is 12.6. The fourth-order valence-corrected chi connectivity index (χ4v) is 2.58. The average molecular weight is 286 g/mol. The summed E-state index contributed by atoms with van der Waals surface area (Å²) in [5.74, 6) is -0.497. The van der Waals surface area contributed by atoms with E-state index in [4.69, 9.17) is 5.73 Å². The number of carbonyl (C=O) groups is 1. The first-order valence-corrected chi connectivity index (χ1v) is 6.56. The van der Waals surface area contributed by atoms with Gasteiger partial charge in [0.15, 0.2) is 0 Å². The van der Waals surface area contributed by atoms with E-state index in [1.165, 1.54) is 12.1 Å². The Balaban J connectivity index is 2.17. The molecule has 20 heavy (non-hydrogen) atoms. The summed E-state index contributed by atoms with van der Waals surface area (Å²) in [4.78, 5) is 12.1. The van der Waals surface area contributed by atoms with Gasteiger partial charge in [-0.3, -0.25) is 4.79 Å². The fourth-order valence-electron chi connectivity index (χ4n) is 2.58. The molecule has 1 fully saturated rings. The summed E-state index contributed by atoms with van der Waals surface area (Å²) in [6.07, 6.45) is -0.961. The van der Waals surface area contributed by atoms with Crippen molar-refractivity contribution in [3.8, 4) is 0 Å². The number of carbonyl (C=O) groups excluding carboxylic acids is 1. The average Bonchev–Trinajstić information content (AvgIpc) is 2.87. The molecule has 0 heterocycles. The van der Waals surface area contributed by atoms with Crippen LogP contribution in [0.15, 0.2) is 24.3 Å². The molecule has 1 saturated carbocycles. The Kier molecular flexibility index (Phi) is 4.04. The number of hydrogen-bond acceptors (Lipinski definition) is 2. The van der Waals surface area contributed by atoms with E-state index < -0.39 is 23.2 Å². The molecule has 0 bridgehead atoms. The van der Waals surface area contributed by atoms with Crippen molar-refractivity contribution in [2.24, 2.45) is 5.73 Å². The highest BCUT2D eigenvalue weighted by molar-refractivity contribution is 5.95. The lowest BCUT2D eigenvalue weighted by molar-refractivity contribution is -0.137. The third-order valence-corrected chi connectivity index (χ3v) is 3.78. The summed E-state index contributed by atoms with van der Waals surface area (Å²) >= 11 is 0. The number of amides is 1. The maximum atomic E-state index is 12.6. The van der Waals surface area contributed by atoms with Crippen LogP contribution in [0.4, 0.5) is 13.2 Å². The van der Waals surface area contributed by atoms with Crippen LogP contribution in [0, 0.1) is 0 Å². The second-order valence-corrected chi connectivity index (χ2v) is 5.22. The fraction of sp³-hybridized carbons (Fsp3) is 0.500. The van der Waals surface area contributed by atoms with Gasteiger partial charge < -0.3 is 11.1 Å². The lowest BCUT2D eigenvalue weighted by Crippen LogP contribution is -2.51. The minimum Gasteiger partial charge on any atom is -0.345 e. The SMILES string of the molecule is NCC1(NC(=O)c2cccc(C(F)(F)F)c2)CCCC1. The molecule has 2 rings (SSSR count). The maximum Gasteiger partial charge on any atom is 0.416 e. The van der Waals surface area contributed by atoms with Gasteiger partial charge in [0.05, 0.1) is 11.1 Å². The van der Waals surface area contributed by atoms with Crippen molar-refractivity contribution in [1.29, 1.82) is 0 Å². The lowest BCUT2D eigenvalue weighted by atomic mass is 9.97. The molecule has 0 unspecified atom stereocenters. The largest absolute Gasteiger partial charge is 0.416 e. The highest BCUT2D eigenvalue weighted by Gasteiger charge is 2.35. The molecule has 0 spiro atoms. The minimum absolute atomic E-state index is 0.0135. The van der Waals surface area contributed by atoms with Gasteiger partial charge in [-0.2, -0.15) is 13.2 Å². The molecule has 110 valence electrons. The van der Waals surface area contributed by atoms with E-state index >= 15 is 0 Å². The van der Waals surface area contributed by atoms with E-state index in [2.05, 4.69) is 5.32 Å². The van der Waals surface area contributed by atoms with Crippen LogP contribution < -0.4 is 11.1 Å². The van der Waals surface area contributed by atoms with Crippen molar-refractivity contribution in [2.45, 2.75) is 37.4 Å². The second-order valence-electron chi connectivity index (χ2n) is 5.22. The quantitative estimate of drug-likeness (QED) is 0.897. The van der Waals surface area contributed by atoms with Crippen LogP contribution in [0.1, 0.15) is 41.6 Å². The molecular weight excluding hydrogens is 269 g/mol. The van der Waals surface area contributed by atoms with Gasteiger partial charge in [-0.1, -0.05) is 18.9 Å². The monoisotopic (exact) mass is 286 g/mol. The zero-order chi connectivity index (χ0) is 14.8. The predicted molar refractivity (Wildman–Crippen MR) is 69.2 cm³/mol. The van der Waals surface area contributed by atoms with E-state index in [1.54, 1.807) is 0 Å². The van der Waals surface area contributed by atoms with E-state index in [-0.39, 0.29) is 5.56 Å². The highest BCUT2D eigenvalue weighted by atomic mass is 19.4. The molecule has 0 aromatic heterocycles. The predicted octanol–water partition coefficient (Wildman–Crippen LogP) is 2.71. The number of nitrogens with one attached hydrogen (secondary N) is 1. The normalized spacial score (nSPS) is 18.0. The van der Waals surface area contributed by atoms with Crippen LogP contribution in [0.25, 0.3) is 0 Å². The summed E-state index contributed by atoms with van der Waals surface area (Å²) in [6, 6.07) is 4.44. The van der Waals surface area contributed by atoms with E-state index in [0.717, 1.165) is 37.8 Å². The van der Waals surface area contributed by atoms with Gasteiger partial charge in [-0.05, 0) is 31.0 Å². The van der Waals surface area contributed by atoms with Crippen molar-refractivity contribution in [2.75, 3.05) is 6.54 Å². The van der Waals surface area contributed by atoms with E-state index in [1.807, 2.05) is 0 Å². The molecule has 0 atom stereocenters. The Morgan fingerprint density at radius 2 is 1.95 bits per heavy atom. The number of halogens is 3. The number of benzene rings is 1. The molecule has 3 N–H and O–H groups in total. The molecule has 1 aliphatic rings. The topological polar surface area (TPSA) is 55.1 Å². The van der Waals surface area contributed by atoms with Gasteiger partial charge in [0, 0.05) is 12.1 Å². The molecule has 3 nitrogen and oxygen atoms in total. The van der Waals surface area contributed by atoms with Crippen LogP contribution in [0.3, 0.4) is 0 Å². The molecule has 1 amide bonds. The van der Waals surface area contributed by atoms with Crippen LogP contribution in [0.5, 0.6) is 0 Å². The number of hydrogen-bond donors (Lipinski definition) is 2. The summed E-state index contributed by atoms with van der Waals surface area (Å²) < 4.78 is 37.9. The Morgan fingerprint density at radius 1 is 1.30 bits per heavy atom. The van der Waals surface area contributed by atoms with Crippen LogP contribution in [-0.2, 0) is 6.18 Å². The van der Waals surface area contributed by atoms with Crippen LogP contribution >= 0.6 is 0 Å². The summed E-state index contributed by atoms with van der Waals surface area (Å²) in [6.45, 7) is 0.303. The molecule has 0 radical (unpaired) electrons. The van der Waals surface area contributed by atoms with Gasteiger partial charge in [-0.15, -0.1) is 0 Å². The summed E-state index contributed by atoms with van der Waals surface area (Å²) in [7, 11) is 0. The Bertz CT molecular complexity index is 493. The first kappa shape index (κ1) is 14.8. The van der Waals surface area contributed by atoms with Crippen molar-refractivity contribution < 1.29 is 18.0 Å². The standard InChI is InChI=1S/C14H17F3N2O/c15-14(16,17)11-5-3-4-10(8-11)12(20)19-13(9-18)6-1-2-7-13/h3-5,8H,1-2,6-7,9,18H2,(H,19,20). The van der Waals surface area contributed by atoms with Gasteiger partial charge in [0.25, 0.3) is 5.91 Å². The third kappa shape index (κ3) is 3.12. The summed E-state index contributed by atoms with van der Waals surface area (Å²) in [5, 5.41) is 2.81. The zero-order valence-corrected chi connectivity index (χ0v) is 11.0. The molecule has 1 aliphatic carbocycles. The molecule has 0 saturated heterocycles. The van der Waals surface area contributed by atoms with Crippen molar-refractivity contribution in [3.63, 3.8) is 0 Å². The molecule has 0 aliphatic heterocycles. The Hall–Kier alpha value is -1.56. The zero-order valence-electron chi connectivity index (χ0n) is 11.0.